The predicted molar refractivity (Wildman–Crippen MR) is 67.6 cm³/mol. The molecular weight excluding hydrogens is 212 g/mol. The minimum absolute atomic E-state index is 0.00977. The molecule has 94 valence electrons. The van der Waals surface area contributed by atoms with E-state index in [1.807, 2.05) is 13.8 Å². The molecule has 0 amide bonds. The molecule has 17 heavy (non-hydrogen) atoms. The van der Waals surface area contributed by atoms with Crippen LogP contribution >= 0.6 is 0 Å². The Morgan fingerprint density at radius 2 is 1.88 bits per heavy atom. The van der Waals surface area contributed by atoms with Gasteiger partial charge in [0.1, 0.15) is 0 Å². The van der Waals surface area contributed by atoms with Crippen molar-refractivity contribution in [2.75, 3.05) is 0 Å². The van der Waals surface area contributed by atoms with Gasteiger partial charge in [0, 0.05) is 11.5 Å². The van der Waals surface area contributed by atoms with Crippen LogP contribution in [0, 0.1) is 17.3 Å². The second-order valence-corrected chi connectivity index (χ2v) is 6.24. The number of ketones is 2. The Kier molecular flexibility index (Phi) is 3.01. The molecule has 0 aromatic carbocycles. The molecule has 2 heteroatoms. The summed E-state index contributed by atoms with van der Waals surface area (Å²) in [5.74, 6) is 0.178. The van der Waals surface area contributed by atoms with Gasteiger partial charge in [0.2, 0.25) is 11.6 Å². The van der Waals surface area contributed by atoms with E-state index in [2.05, 4.69) is 13.8 Å². The molecule has 0 N–H and O–H groups in total. The van der Waals surface area contributed by atoms with Gasteiger partial charge >= 0.3 is 0 Å². The summed E-state index contributed by atoms with van der Waals surface area (Å²) in [6.07, 6.45) is 3.97. The highest BCUT2D eigenvalue weighted by molar-refractivity contribution is 6.45. The van der Waals surface area contributed by atoms with Crippen LogP contribution in [0.2, 0.25) is 0 Å². The zero-order chi connectivity index (χ0) is 12.8. The van der Waals surface area contributed by atoms with Gasteiger partial charge in [-0.25, -0.2) is 0 Å². The molecular formula is C15H22O2. The number of carbonyl (C=O) groups excluding carboxylic acids is 2. The lowest BCUT2D eigenvalue weighted by Crippen LogP contribution is -2.49. The minimum atomic E-state index is -0.207. The van der Waals surface area contributed by atoms with E-state index >= 15 is 0 Å². The van der Waals surface area contributed by atoms with Crippen LogP contribution in [0.25, 0.3) is 0 Å². The molecule has 2 nitrogen and oxygen atoms in total. The molecule has 0 saturated heterocycles. The van der Waals surface area contributed by atoms with E-state index in [9.17, 15) is 9.59 Å². The van der Waals surface area contributed by atoms with Gasteiger partial charge in [-0.15, -0.1) is 0 Å². The van der Waals surface area contributed by atoms with Crippen LogP contribution in [0.1, 0.15) is 53.4 Å². The first-order chi connectivity index (χ1) is 7.88. The summed E-state index contributed by atoms with van der Waals surface area (Å²) in [5.41, 5.74) is 1.80. The normalized spacial score (nSPS) is 38.0. The zero-order valence-electron chi connectivity index (χ0n) is 11.3. The molecule has 3 atom stereocenters. The molecule has 0 unspecified atom stereocenters. The summed E-state index contributed by atoms with van der Waals surface area (Å²) in [6, 6.07) is 0. The predicted octanol–water partition coefficient (Wildman–Crippen LogP) is 3.31. The highest BCUT2D eigenvalue weighted by Crippen LogP contribution is 2.52. The van der Waals surface area contributed by atoms with Gasteiger partial charge in [-0.2, -0.15) is 0 Å². The van der Waals surface area contributed by atoms with Crippen LogP contribution in [0.5, 0.6) is 0 Å². The first-order valence-electron chi connectivity index (χ1n) is 6.63. The van der Waals surface area contributed by atoms with Gasteiger partial charge in [0.15, 0.2) is 0 Å². The lowest BCUT2D eigenvalue weighted by atomic mass is 9.54. The van der Waals surface area contributed by atoms with Crippen LogP contribution in [0.4, 0.5) is 0 Å². The molecule has 0 aromatic heterocycles. The standard InChI is InChI=1S/C15H22O2/c1-9(2)11-8-15(4)10(3)6-5-7-12(15)14(17)13(11)16/h10,12H,5-8H2,1-4H3/t10-,12-,15+/m0/s1. The van der Waals surface area contributed by atoms with Crippen molar-refractivity contribution in [2.45, 2.75) is 53.4 Å². The Morgan fingerprint density at radius 3 is 2.47 bits per heavy atom. The molecule has 2 saturated carbocycles. The highest BCUT2D eigenvalue weighted by Gasteiger charge is 2.51. The number of fused-ring (bicyclic) bond motifs is 1. The molecule has 0 aromatic rings. The van der Waals surface area contributed by atoms with Gasteiger partial charge in [-0.05, 0) is 38.0 Å². The maximum atomic E-state index is 12.2. The molecule has 2 fully saturated rings. The largest absolute Gasteiger partial charge is 0.290 e. The Hall–Kier alpha value is -0.920. The minimum Gasteiger partial charge on any atom is -0.290 e. The number of carbonyl (C=O) groups is 2. The van der Waals surface area contributed by atoms with E-state index in [0.29, 0.717) is 5.92 Å². The third-order valence-corrected chi connectivity index (χ3v) is 5.03. The number of hydrogen-bond acceptors (Lipinski definition) is 2. The maximum Gasteiger partial charge on any atom is 0.224 e. The molecule has 0 radical (unpaired) electrons. The molecule has 2 aliphatic carbocycles. The van der Waals surface area contributed by atoms with Crippen molar-refractivity contribution < 1.29 is 9.59 Å². The molecule has 0 spiro atoms. The summed E-state index contributed by atoms with van der Waals surface area (Å²) in [4.78, 5) is 24.3. The van der Waals surface area contributed by atoms with Gasteiger partial charge in [-0.1, -0.05) is 32.3 Å². The summed E-state index contributed by atoms with van der Waals surface area (Å²) < 4.78 is 0. The second kappa shape index (κ2) is 4.08. The lowest BCUT2D eigenvalue weighted by molar-refractivity contribution is -0.145. The van der Waals surface area contributed by atoms with E-state index in [1.165, 1.54) is 6.42 Å². The smallest absolute Gasteiger partial charge is 0.224 e. The Labute approximate surface area is 103 Å². The van der Waals surface area contributed by atoms with Gasteiger partial charge in [0.25, 0.3) is 0 Å². The van der Waals surface area contributed by atoms with Crippen LogP contribution in [-0.2, 0) is 9.59 Å². The molecule has 2 aliphatic rings. The fourth-order valence-electron chi connectivity index (χ4n) is 3.53. The molecule has 0 heterocycles. The number of allylic oxidation sites excluding steroid dienone is 2. The molecule has 2 rings (SSSR count). The van der Waals surface area contributed by atoms with Crippen LogP contribution < -0.4 is 0 Å². The molecule has 0 bridgehead atoms. The van der Waals surface area contributed by atoms with Crippen molar-refractivity contribution in [2.24, 2.45) is 17.3 Å². The van der Waals surface area contributed by atoms with Crippen molar-refractivity contribution >= 4 is 11.6 Å². The summed E-state index contributed by atoms with van der Waals surface area (Å²) in [6.45, 7) is 8.32. The number of hydrogen-bond donors (Lipinski definition) is 0. The van der Waals surface area contributed by atoms with E-state index in [1.54, 1.807) is 0 Å². The Morgan fingerprint density at radius 1 is 1.24 bits per heavy atom. The van der Waals surface area contributed by atoms with E-state index in [4.69, 9.17) is 0 Å². The van der Waals surface area contributed by atoms with Crippen molar-refractivity contribution in [1.82, 2.24) is 0 Å². The SMILES string of the molecule is CC(C)=C1C[C@]2(C)[C@@H](C)CCC[C@H]2C(=O)C1=O. The van der Waals surface area contributed by atoms with Crippen molar-refractivity contribution in [3.8, 4) is 0 Å². The monoisotopic (exact) mass is 234 g/mol. The second-order valence-electron chi connectivity index (χ2n) is 6.24. The first kappa shape index (κ1) is 12.5. The van der Waals surface area contributed by atoms with Crippen molar-refractivity contribution in [1.29, 1.82) is 0 Å². The Bertz CT molecular complexity index is 401. The van der Waals surface area contributed by atoms with Gasteiger partial charge < -0.3 is 0 Å². The lowest BCUT2D eigenvalue weighted by Gasteiger charge is -2.48. The topological polar surface area (TPSA) is 34.1 Å². The number of rotatable bonds is 0. The highest BCUT2D eigenvalue weighted by atomic mass is 16.2. The van der Waals surface area contributed by atoms with Gasteiger partial charge in [-0.3, -0.25) is 9.59 Å². The summed E-state index contributed by atoms with van der Waals surface area (Å²) >= 11 is 0. The maximum absolute atomic E-state index is 12.2. The quantitative estimate of drug-likeness (QED) is 0.476. The van der Waals surface area contributed by atoms with Crippen molar-refractivity contribution in [3.05, 3.63) is 11.1 Å². The third kappa shape index (κ3) is 1.78. The van der Waals surface area contributed by atoms with Crippen LogP contribution in [0.15, 0.2) is 11.1 Å². The van der Waals surface area contributed by atoms with Crippen LogP contribution in [0.3, 0.4) is 0 Å². The zero-order valence-corrected chi connectivity index (χ0v) is 11.3. The van der Waals surface area contributed by atoms with Crippen molar-refractivity contribution in [3.63, 3.8) is 0 Å². The average Bonchev–Trinajstić information content (AvgIpc) is 2.26. The van der Waals surface area contributed by atoms with Gasteiger partial charge in [0.05, 0.1) is 0 Å². The summed E-state index contributed by atoms with van der Waals surface area (Å²) in [7, 11) is 0. The first-order valence-corrected chi connectivity index (χ1v) is 6.63. The summed E-state index contributed by atoms with van der Waals surface area (Å²) in [5, 5.41) is 0. The van der Waals surface area contributed by atoms with E-state index in [0.717, 1.165) is 30.4 Å². The Balaban J connectivity index is 2.45. The fourth-order valence-corrected chi connectivity index (χ4v) is 3.53. The van der Waals surface area contributed by atoms with E-state index < -0.39 is 0 Å². The average molecular weight is 234 g/mol. The number of Topliss-reactive ketones (excluding diaryl/α,β-unsaturated/α-hetero) is 2. The van der Waals surface area contributed by atoms with Crippen LogP contribution in [-0.4, -0.2) is 11.6 Å². The van der Waals surface area contributed by atoms with E-state index in [-0.39, 0.29) is 22.9 Å². The fraction of sp³-hybridized carbons (Fsp3) is 0.733. The molecule has 0 aliphatic heterocycles. The third-order valence-electron chi connectivity index (χ3n) is 5.03.